The van der Waals surface area contributed by atoms with Crippen LogP contribution in [0.15, 0.2) is 34.2 Å². The summed E-state index contributed by atoms with van der Waals surface area (Å²) in [6.07, 6.45) is -3.81. The zero-order valence-electron chi connectivity index (χ0n) is 15.4. The van der Waals surface area contributed by atoms with E-state index in [1.807, 2.05) is 0 Å². The lowest BCUT2D eigenvalue weighted by Crippen LogP contribution is -2.30. The molecule has 2 rings (SSSR count). The Balaban J connectivity index is 2.95. The van der Waals surface area contributed by atoms with Crippen LogP contribution in [0.3, 0.4) is 0 Å². The van der Waals surface area contributed by atoms with Gasteiger partial charge in [0.15, 0.2) is 0 Å². The molecule has 1 heterocycles. The maximum atomic E-state index is 13.1. The maximum Gasteiger partial charge on any atom is 0.503 e. The number of hydrogen-bond acceptors (Lipinski definition) is 6. The molecule has 0 unspecified atom stereocenters. The Kier molecular flexibility index (Phi) is 5.72. The molecule has 7 N–H and O–H groups in total. The molecule has 2 aromatic rings. The second-order valence-corrected chi connectivity index (χ2v) is 6.08. The van der Waals surface area contributed by atoms with Crippen molar-refractivity contribution >= 4 is 23.5 Å². The number of nitrogen functional groups attached to an aromatic ring is 1. The van der Waals surface area contributed by atoms with Crippen LogP contribution in [0.2, 0.25) is 0 Å². The third-order valence-corrected chi connectivity index (χ3v) is 4.17. The first kappa shape index (κ1) is 21.5. The van der Waals surface area contributed by atoms with Crippen LogP contribution in [0.25, 0.3) is 11.3 Å². The number of nitrogens with two attached hydrogens (primary N) is 3. The van der Waals surface area contributed by atoms with Crippen LogP contribution in [-0.2, 0) is 0 Å². The number of pyridine rings is 1. The van der Waals surface area contributed by atoms with E-state index in [1.54, 1.807) is 6.92 Å². The Labute approximate surface area is 162 Å². The molecule has 11 heteroatoms. The van der Waals surface area contributed by atoms with Crippen LogP contribution >= 0.6 is 0 Å². The van der Waals surface area contributed by atoms with Crippen LogP contribution in [-0.4, -0.2) is 28.1 Å². The van der Waals surface area contributed by atoms with Crippen LogP contribution in [0.4, 0.5) is 19.0 Å². The van der Waals surface area contributed by atoms with Gasteiger partial charge >= 0.3 is 6.30 Å². The van der Waals surface area contributed by atoms with E-state index in [2.05, 4.69) is 4.99 Å². The highest BCUT2D eigenvalue weighted by Crippen LogP contribution is 2.29. The number of alkyl halides is 3. The minimum absolute atomic E-state index is 0.154. The lowest BCUT2D eigenvalue weighted by atomic mass is 10.0. The van der Waals surface area contributed by atoms with Crippen LogP contribution in [0.5, 0.6) is 5.75 Å². The molecule has 1 amide bonds. The zero-order valence-corrected chi connectivity index (χ0v) is 15.4. The Morgan fingerprint density at radius 1 is 1.24 bits per heavy atom. The van der Waals surface area contributed by atoms with Gasteiger partial charge in [0.25, 0.3) is 11.5 Å². The van der Waals surface area contributed by atoms with Crippen LogP contribution < -0.4 is 22.8 Å². The number of phenolic OH excluding ortho intramolecular Hbond substituents is 1. The fourth-order valence-corrected chi connectivity index (χ4v) is 2.77. The SMILES string of the molecule is Cc1ccc(O)c(C)c1-n1c(N)c(C(N)=O)cc(C(=C/N)/C=N/C(F)(F)F)c1=O. The van der Waals surface area contributed by atoms with Crippen LogP contribution in [0.1, 0.15) is 27.0 Å². The fraction of sp³-hybridized carbons (Fsp3) is 0.167. The molecule has 1 aromatic heterocycles. The van der Waals surface area contributed by atoms with Crippen molar-refractivity contribution in [2.45, 2.75) is 20.1 Å². The number of aromatic nitrogens is 1. The molecular weight excluding hydrogens is 391 g/mol. The predicted octanol–water partition coefficient (Wildman–Crippen LogP) is 1.73. The molecule has 0 aliphatic carbocycles. The van der Waals surface area contributed by atoms with Gasteiger partial charge in [-0.05, 0) is 31.5 Å². The number of anilines is 1. The third kappa shape index (κ3) is 4.23. The number of allylic oxidation sites excluding steroid dienone is 1. The van der Waals surface area contributed by atoms with E-state index >= 15 is 0 Å². The van der Waals surface area contributed by atoms with Crippen molar-refractivity contribution in [2.24, 2.45) is 16.5 Å². The number of rotatable bonds is 4. The van der Waals surface area contributed by atoms with Crippen molar-refractivity contribution in [2.75, 3.05) is 5.73 Å². The van der Waals surface area contributed by atoms with Gasteiger partial charge in [0.1, 0.15) is 11.6 Å². The molecule has 0 aliphatic rings. The van der Waals surface area contributed by atoms with Gasteiger partial charge in [0.05, 0.1) is 16.8 Å². The average molecular weight is 409 g/mol. The maximum absolute atomic E-state index is 13.1. The summed E-state index contributed by atoms with van der Waals surface area (Å²) in [5.41, 5.74) is 15.6. The molecule has 0 atom stereocenters. The predicted molar refractivity (Wildman–Crippen MR) is 103 cm³/mol. The van der Waals surface area contributed by atoms with E-state index < -0.39 is 23.3 Å². The van der Waals surface area contributed by atoms with E-state index in [9.17, 15) is 27.9 Å². The summed E-state index contributed by atoms with van der Waals surface area (Å²) >= 11 is 0. The molecule has 0 aliphatic heterocycles. The number of aromatic hydroxyl groups is 1. The highest BCUT2D eigenvalue weighted by atomic mass is 19.4. The Morgan fingerprint density at radius 2 is 1.86 bits per heavy atom. The first-order valence-electron chi connectivity index (χ1n) is 8.08. The molecule has 0 saturated carbocycles. The summed E-state index contributed by atoms with van der Waals surface area (Å²) in [6.45, 7) is 3.13. The van der Waals surface area contributed by atoms with Gasteiger partial charge in [-0.2, -0.15) is 4.99 Å². The number of carbonyl (C=O) groups is 1. The topological polar surface area (TPSA) is 150 Å². The van der Waals surface area contributed by atoms with Crippen molar-refractivity contribution in [1.82, 2.24) is 4.57 Å². The standard InChI is InChI=1S/C18H18F3N5O3/c1-8-3-4-13(27)9(2)14(8)26-15(23)12(16(24)28)5-11(17(26)29)10(6-22)7-25-18(19,20)21/h3-7,27H,22-23H2,1-2H3,(H2,24,28)/b10-6+,25-7+. The van der Waals surface area contributed by atoms with Crippen molar-refractivity contribution in [1.29, 1.82) is 0 Å². The minimum atomic E-state index is -4.90. The first-order valence-corrected chi connectivity index (χ1v) is 8.08. The highest BCUT2D eigenvalue weighted by molar-refractivity contribution is 6.10. The van der Waals surface area contributed by atoms with E-state index in [0.717, 1.165) is 16.8 Å². The summed E-state index contributed by atoms with van der Waals surface area (Å²) in [5, 5.41) is 10.0. The molecule has 1 aromatic carbocycles. The molecule has 0 radical (unpaired) electrons. The molecule has 0 spiro atoms. The van der Waals surface area contributed by atoms with Crippen molar-refractivity contribution in [3.8, 4) is 11.4 Å². The number of aryl methyl sites for hydroxylation is 1. The number of primary amides is 1. The summed E-state index contributed by atoms with van der Waals surface area (Å²) in [7, 11) is 0. The molecule has 154 valence electrons. The lowest BCUT2D eigenvalue weighted by molar-refractivity contribution is -0.118. The largest absolute Gasteiger partial charge is 0.508 e. The second kappa shape index (κ2) is 7.70. The summed E-state index contributed by atoms with van der Waals surface area (Å²) in [4.78, 5) is 27.3. The normalized spacial score (nSPS) is 12.5. The Morgan fingerprint density at radius 3 is 2.38 bits per heavy atom. The number of aliphatic imine (C=N–C) groups is 1. The second-order valence-electron chi connectivity index (χ2n) is 6.08. The molecule has 8 nitrogen and oxygen atoms in total. The summed E-state index contributed by atoms with van der Waals surface area (Å²) < 4.78 is 38.3. The van der Waals surface area contributed by atoms with E-state index in [0.29, 0.717) is 11.8 Å². The van der Waals surface area contributed by atoms with Gasteiger partial charge in [-0.1, -0.05) is 6.07 Å². The van der Waals surface area contributed by atoms with Crippen LogP contribution in [0, 0.1) is 13.8 Å². The average Bonchev–Trinajstić information content (AvgIpc) is 2.61. The smallest absolute Gasteiger partial charge is 0.503 e. The number of carbonyl (C=O) groups excluding carboxylic acids is 1. The van der Waals surface area contributed by atoms with Crippen molar-refractivity contribution < 1.29 is 23.1 Å². The van der Waals surface area contributed by atoms with Gasteiger partial charge in [0.2, 0.25) is 0 Å². The number of hydrogen-bond donors (Lipinski definition) is 4. The van der Waals surface area contributed by atoms with Crippen molar-refractivity contribution in [3.05, 3.63) is 57.0 Å². The quantitative estimate of drug-likeness (QED) is 0.448. The van der Waals surface area contributed by atoms with E-state index in [1.165, 1.54) is 19.1 Å². The van der Waals surface area contributed by atoms with Gasteiger partial charge < -0.3 is 22.3 Å². The lowest BCUT2D eigenvalue weighted by Gasteiger charge is -2.19. The number of benzene rings is 1. The molecule has 0 bridgehead atoms. The third-order valence-electron chi connectivity index (χ3n) is 4.17. The van der Waals surface area contributed by atoms with E-state index in [-0.39, 0.29) is 33.9 Å². The van der Waals surface area contributed by atoms with Crippen molar-refractivity contribution in [3.63, 3.8) is 0 Å². The number of nitrogens with zero attached hydrogens (tertiary/aromatic N) is 2. The number of halogens is 3. The highest BCUT2D eigenvalue weighted by Gasteiger charge is 2.26. The van der Waals surface area contributed by atoms with Gasteiger partial charge in [-0.15, -0.1) is 13.2 Å². The number of amides is 1. The molecule has 0 fully saturated rings. The first-order chi connectivity index (χ1) is 13.4. The molecule has 29 heavy (non-hydrogen) atoms. The zero-order chi connectivity index (χ0) is 22.1. The summed E-state index contributed by atoms with van der Waals surface area (Å²) in [5.74, 6) is -1.51. The van der Waals surface area contributed by atoms with Gasteiger partial charge in [-0.25, -0.2) is 0 Å². The number of phenols is 1. The fourth-order valence-electron chi connectivity index (χ4n) is 2.77. The van der Waals surface area contributed by atoms with Gasteiger partial charge in [-0.3, -0.25) is 14.2 Å². The molecular formula is C18H18F3N5O3. The Hall–Kier alpha value is -3.76. The minimum Gasteiger partial charge on any atom is -0.508 e. The molecule has 0 saturated heterocycles. The Bertz CT molecular complexity index is 1100. The monoisotopic (exact) mass is 409 g/mol. The van der Waals surface area contributed by atoms with Gasteiger partial charge in [0, 0.05) is 23.6 Å². The van der Waals surface area contributed by atoms with E-state index in [4.69, 9.17) is 17.2 Å². The summed E-state index contributed by atoms with van der Waals surface area (Å²) in [6, 6.07) is 3.85.